The van der Waals surface area contributed by atoms with E-state index in [1.807, 2.05) is 0 Å². The summed E-state index contributed by atoms with van der Waals surface area (Å²) < 4.78 is 26.0. The number of nitrogens with two attached hydrogens (primary N) is 1. The highest BCUT2D eigenvalue weighted by atomic mass is 32.2. The molecule has 7 nitrogen and oxygen atoms in total. The molecule has 3 N–H and O–H groups in total. The molecule has 2 rings (SSSR count). The van der Waals surface area contributed by atoms with E-state index in [1.165, 1.54) is 16.7 Å². The summed E-state index contributed by atoms with van der Waals surface area (Å²) in [6.45, 7) is 0. The molecule has 0 radical (unpaired) electrons. The molecule has 0 amide bonds. The molecule has 1 aliphatic rings. The number of nitrogen functional groups attached to an aromatic ring is 1. The van der Waals surface area contributed by atoms with Gasteiger partial charge in [0.05, 0.1) is 12.4 Å². The molecule has 1 unspecified atom stereocenters. The Morgan fingerprint density at radius 2 is 2.17 bits per heavy atom. The summed E-state index contributed by atoms with van der Waals surface area (Å²) in [4.78, 5) is 7.71. The van der Waals surface area contributed by atoms with Gasteiger partial charge in [0.2, 0.25) is 16.0 Å². The largest absolute Gasteiger partial charge is 0.292 e. The van der Waals surface area contributed by atoms with Crippen LogP contribution in [0.25, 0.3) is 0 Å². The number of sulfonamides is 1. The Hall–Kier alpha value is -0.900. The van der Waals surface area contributed by atoms with Crippen molar-refractivity contribution in [1.29, 1.82) is 0 Å². The Labute approximate surface area is 110 Å². The van der Waals surface area contributed by atoms with Crippen LogP contribution in [0.15, 0.2) is 17.3 Å². The summed E-state index contributed by atoms with van der Waals surface area (Å²) >= 11 is 1.76. The molecular formula is C9H15N5O2S2. The lowest BCUT2D eigenvalue weighted by Gasteiger charge is -2.22. The molecule has 2 heterocycles. The van der Waals surface area contributed by atoms with Crippen molar-refractivity contribution >= 4 is 27.7 Å². The van der Waals surface area contributed by atoms with Crippen molar-refractivity contribution < 1.29 is 8.42 Å². The average Bonchev–Trinajstić information content (AvgIpc) is 2.91. The van der Waals surface area contributed by atoms with E-state index in [0.717, 1.165) is 17.9 Å². The molecule has 0 aromatic carbocycles. The van der Waals surface area contributed by atoms with Gasteiger partial charge >= 0.3 is 0 Å². The zero-order chi connectivity index (χ0) is 13.2. The number of hydrogen-bond donors (Lipinski definition) is 2. The fraction of sp³-hybridized carbons (Fsp3) is 0.556. The third-order valence-corrected chi connectivity index (χ3v) is 5.86. The highest BCUT2D eigenvalue weighted by Gasteiger charge is 2.30. The van der Waals surface area contributed by atoms with Gasteiger partial charge in [0.1, 0.15) is 4.90 Å². The van der Waals surface area contributed by atoms with E-state index in [9.17, 15) is 8.42 Å². The predicted molar refractivity (Wildman–Crippen MR) is 70.5 cm³/mol. The molecule has 1 saturated heterocycles. The molecule has 18 heavy (non-hydrogen) atoms. The third kappa shape index (κ3) is 2.58. The molecule has 0 aliphatic carbocycles. The summed E-state index contributed by atoms with van der Waals surface area (Å²) in [5.74, 6) is 7.15. The Morgan fingerprint density at radius 1 is 1.50 bits per heavy atom. The first-order valence-electron chi connectivity index (χ1n) is 5.40. The van der Waals surface area contributed by atoms with Crippen LogP contribution in [0.2, 0.25) is 0 Å². The smallest absolute Gasteiger partial charge is 0.246 e. The van der Waals surface area contributed by atoms with Crippen molar-refractivity contribution in [2.75, 3.05) is 24.0 Å². The van der Waals surface area contributed by atoms with Crippen LogP contribution in [0.1, 0.15) is 6.42 Å². The number of aromatic nitrogens is 2. The minimum absolute atomic E-state index is 0.0484. The van der Waals surface area contributed by atoms with E-state index in [-0.39, 0.29) is 16.9 Å². The lowest BCUT2D eigenvalue weighted by atomic mass is 10.3. The average molecular weight is 289 g/mol. The standard InChI is InChI=1S/C9H15N5O2S2/c1-14(7-2-3-17-6-7)18(15,16)8-4-11-9(13-10)12-5-8/h4-5,7H,2-3,6,10H2,1H3,(H,11,12,13). The number of hydrazine groups is 1. The molecule has 0 saturated carbocycles. The van der Waals surface area contributed by atoms with E-state index in [0.29, 0.717) is 0 Å². The summed E-state index contributed by atoms with van der Waals surface area (Å²) in [5, 5.41) is 0. The SMILES string of the molecule is CN(C1CCSC1)S(=O)(=O)c1cnc(NN)nc1. The minimum Gasteiger partial charge on any atom is -0.292 e. The molecular weight excluding hydrogens is 274 g/mol. The van der Waals surface area contributed by atoms with E-state index < -0.39 is 10.0 Å². The Morgan fingerprint density at radius 3 is 2.67 bits per heavy atom. The van der Waals surface area contributed by atoms with Gasteiger partial charge in [-0.2, -0.15) is 16.1 Å². The summed E-state index contributed by atoms with van der Waals surface area (Å²) in [6.07, 6.45) is 3.40. The van der Waals surface area contributed by atoms with Crippen LogP contribution in [0.4, 0.5) is 5.95 Å². The normalized spacial score (nSPS) is 20.3. The van der Waals surface area contributed by atoms with Gasteiger partial charge in [-0.1, -0.05) is 0 Å². The van der Waals surface area contributed by atoms with Gasteiger partial charge in [-0.15, -0.1) is 0 Å². The maximum absolute atomic E-state index is 12.3. The zero-order valence-electron chi connectivity index (χ0n) is 9.91. The topological polar surface area (TPSA) is 101 Å². The Kier molecular flexibility index (Phi) is 4.05. The van der Waals surface area contributed by atoms with E-state index in [1.54, 1.807) is 18.8 Å². The summed E-state index contributed by atoms with van der Waals surface area (Å²) in [6, 6.07) is 0.0484. The molecule has 1 atom stereocenters. The van der Waals surface area contributed by atoms with Crippen molar-refractivity contribution in [2.45, 2.75) is 17.4 Å². The Bertz CT molecular complexity index is 498. The second kappa shape index (κ2) is 5.39. The molecule has 9 heteroatoms. The van der Waals surface area contributed by atoms with Gasteiger partial charge in [0, 0.05) is 18.8 Å². The number of thioether (sulfide) groups is 1. The second-order valence-electron chi connectivity index (χ2n) is 3.93. The number of rotatable bonds is 4. The van der Waals surface area contributed by atoms with E-state index in [4.69, 9.17) is 5.84 Å². The van der Waals surface area contributed by atoms with Gasteiger partial charge in [-0.3, -0.25) is 5.43 Å². The molecule has 100 valence electrons. The number of anilines is 1. The van der Waals surface area contributed by atoms with Crippen molar-refractivity contribution in [2.24, 2.45) is 5.84 Å². The first kappa shape index (κ1) is 13.5. The van der Waals surface area contributed by atoms with E-state index >= 15 is 0 Å². The van der Waals surface area contributed by atoms with Gasteiger partial charge in [0.15, 0.2) is 0 Å². The lowest BCUT2D eigenvalue weighted by molar-refractivity contribution is 0.394. The number of hydrogen-bond acceptors (Lipinski definition) is 7. The van der Waals surface area contributed by atoms with Gasteiger partial charge in [0.25, 0.3) is 0 Å². The molecule has 0 bridgehead atoms. The first-order valence-corrected chi connectivity index (χ1v) is 7.99. The van der Waals surface area contributed by atoms with E-state index in [2.05, 4.69) is 15.4 Å². The quantitative estimate of drug-likeness (QED) is 0.589. The number of nitrogens with one attached hydrogen (secondary N) is 1. The highest BCUT2D eigenvalue weighted by molar-refractivity contribution is 7.99. The van der Waals surface area contributed by atoms with Crippen LogP contribution in [-0.2, 0) is 10.0 Å². The maximum Gasteiger partial charge on any atom is 0.246 e. The first-order chi connectivity index (χ1) is 8.55. The summed E-state index contributed by atoms with van der Waals surface area (Å²) in [5.41, 5.74) is 2.26. The van der Waals surface area contributed by atoms with Gasteiger partial charge in [-0.05, 0) is 12.2 Å². The van der Waals surface area contributed by atoms with Crippen molar-refractivity contribution in [3.05, 3.63) is 12.4 Å². The van der Waals surface area contributed by atoms with Crippen LogP contribution in [0, 0.1) is 0 Å². The predicted octanol–water partition coefficient (Wildman–Crippen LogP) is -0.112. The van der Waals surface area contributed by atoms with Crippen LogP contribution in [-0.4, -0.2) is 47.3 Å². The Balaban J connectivity index is 2.23. The number of nitrogens with zero attached hydrogens (tertiary/aromatic N) is 3. The van der Waals surface area contributed by atoms with Crippen LogP contribution in [0.5, 0.6) is 0 Å². The lowest BCUT2D eigenvalue weighted by Crippen LogP contribution is -2.37. The van der Waals surface area contributed by atoms with Crippen molar-refractivity contribution in [3.8, 4) is 0 Å². The third-order valence-electron chi connectivity index (χ3n) is 2.85. The summed E-state index contributed by atoms with van der Waals surface area (Å²) in [7, 11) is -1.92. The van der Waals surface area contributed by atoms with Gasteiger partial charge < -0.3 is 0 Å². The van der Waals surface area contributed by atoms with Gasteiger partial charge in [-0.25, -0.2) is 24.2 Å². The molecule has 1 aliphatic heterocycles. The molecule has 1 aromatic heterocycles. The van der Waals surface area contributed by atoms with Crippen LogP contribution in [0.3, 0.4) is 0 Å². The van der Waals surface area contributed by atoms with Crippen molar-refractivity contribution in [3.63, 3.8) is 0 Å². The van der Waals surface area contributed by atoms with Crippen LogP contribution >= 0.6 is 11.8 Å². The fourth-order valence-corrected chi connectivity index (χ4v) is 4.33. The molecule has 0 spiro atoms. The maximum atomic E-state index is 12.3. The monoisotopic (exact) mass is 289 g/mol. The van der Waals surface area contributed by atoms with Crippen molar-refractivity contribution in [1.82, 2.24) is 14.3 Å². The van der Waals surface area contributed by atoms with Crippen LogP contribution < -0.4 is 11.3 Å². The zero-order valence-corrected chi connectivity index (χ0v) is 11.5. The fourth-order valence-electron chi connectivity index (χ4n) is 1.70. The molecule has 1 aromatic rings. The second-order valence-corrected chi connectivity index (χ2v) is 7.07. The minimum atomic E-state index is -3.52. The molecule has 1 fully saturated rings. The highest BCUT2D eigenvalue weighted by Crippen LogP contribution is 2.25.